The summed E-state index contributed by atoms with van der Waals surface area (Å²) in [6.07, 6.45) is 1.99. The maximum absolute atomic E-state index is 5.10. The minimum absolute atomic E-state index is 0.995. The van der Waals surface area contributed by atoms with Crippen molar-refractivity contribution in [1.29, 1.82) is 0 Å². The molecule has 116 valence electrons. The van der Waals surface area contributed by atoms with Crippen LogP contribution in [-0.4, -0.2) is 46.7 Å². The molecule has 5 heteroatoms. The molecule has 2 rings (SSSR count). The molecule has 0 aliphatic rings. The van der Waals surface area contributed by atoms with E-state index in [9.17, 15) is 0 Å². The van der Waals surface area contributed by atoms with Gasteiger partial charge in [-0.05, 0) is 0 Å². The molecular formula is C16H28N2SSn2. The molecule has 2 aromatic rings. The van der Waals surface area contributed by atoms with Gasteiger partial charge in [0.05, 0.1) is 0 Å². The second-order valence-corrected chi connectivity index (χ2v) is 39.4. The Bertz CT molecular complexity index is 607. The van der Waals surface area contributed by atoms with Crippen molar-refractivity contribution in [1.82, 2.24) is 9.97 Å². The molecule has 2 heterocycles. The van der Waals surface area contributed by atoms with Crippen LogP contribution in [0.5, 0.6) is 0 Å². The van der Waals surface area contributed by atoms with Gasteiger partial charge in [0.2, 0.25) is 0 Å². The standard InChI is InChI=1S/C10H10N2S.6CH3.2Sn/c1-3-7-8(4-2)12-10-6-13-5-9(10)11-7;;;;;;;;/h3-4H2,1-2H3;6*1H3;;. The third-order valence-corrected chi connectivity index (χ3v) is 23.6. The van der Waals surface area contributed by atoms with E-state index >= 15 is 0 Å². The van der Waals surface area contributed by atoms with E-state index in [0.717, 1.165) is 12.8 Å². The first-order chi connectivity index (χ1) is 9.59. The molecule has 0 saturated carbocycles. The van der Waals surface area contributed by atoms with Crippen LogP contribution in [0.1, 0.15) is 25.2 Å². The first-order valence-corrected chi connectivity index (χ1v) is 28.7. The van der Waals surface area contributed by atoms with E-state index in [0.29, 0.717) is 0 Å². The van der Waals surface area contributed by atoms with Crippen molar-refractivity contribution < 1.29 is 0 Å². The van der Waals surface area contributed by atoms with E-state index in [2.05, 4.69) is 54.8 Å². The summed E-state index contributed by atoms with van der Waals surface area (Å²) in [5.74, 6) is 0. The normalized spacial score (nSPS) is 13.1. The average Bonchev–Trinajstić information content (AvgIpc) is 2.74. The van der Waals surface area contributed by atoms with Crippen molar-refractivity contribution >= 4 is 64.9 Å². The predicted octanol–water partition coefficient (Wildman–Crippen LogP) is 3.91. The molecule has 0 unspecified atom stereocenters. The zero-order valence-corrected chi connectivity index (χ0v) is 21.2. The van der Waals surface area contributed by atoms with Crippen molar-refractivity contribution in [3.05, 3.63) is 11.4 Å². The van der Waals surface area contributed by atoms with Gasteiger partial charge in [0.25, 0.3) is 0 Å². The fourth-order valence-electron chi connectivity index (χ4n) is 2.60. The maximum atomic E-state index is 5.10. The molecule has 0 aromatic carbocycles. The Morgan fingerprint density at radius 3 is 1.29 bits per heavy atom. The summed E-state index contributed by atoms with van der Waals surface area (Å²) in [5.41, 5.74) is 4.99. The van der Waals surface area contributed by atoms with E-state index in [1.807, 2.05) is 0 Å². The van der Waals surface area contributed by atoms with Crippen molar-refractivity contribution in [3.63, 3.8) is 0 Å². The number of thiophene rings is 1. The van der Waals surface area contributed by atoms with Crippen LogP contribution >= 0.6 is 11.3 Å². The SMILES string of the molecule is CCc1nc2[c]([Sn]([CH3])([CH3])[CH3])s[c]([Sn]([CH3])([CH3])[CH3])c2nc1CC. The van der Waals surface area contributed by atoms with E-state index in [-0.39, 0.29) is 0 Å². The third-order valence-electron chi connectivity index (χ3n) is 3.72. The molecule has 0 atom stereocenters. The molecule has 2 nitrogen and oxygen atoms in total. The summed E-state index contributed by atoms with van der Waals surface area (Å²) in [4.78, 5) is 25.2. The van der Waals surface area contributed by atoms with Crippen LogP contribution in [0.2, 0.25) is 29.6 Å². The van der Waals surface area contributed by atoms with Gasteiger partial charge in [-0.15, -0.1) is 0 Å². The fourth-order valence-corrected chi connectivity index (χ4v) is 18.4. The monoisotopic (exact) mass is 520 g/mol. The summed E-state index contributed by atoms with van der Waals surface area (Å²) in [5, 5.41) is 0. The zero-order chi connectivity index (χ0) is 16.0. The van der Waals surface area contributed by atoms with Crippen molar-refractivity contribution in [2.75, 3.05) is 0 Å². The van der Waals surface area contributed by atoms with Crippen LogP contribution in [-0.2, 0) is 12.8 Å². The number of nitrogens with zero attached hydrogens (tertiary/aromatic N) is 2. The predicted molar refractivity (Wildman–Crippen MR) is 102 cm³/mol. The van der Waals surface area contributed by atoms with Gasteiger partial charge in [0, 0.05) is 0 Å². The second kappa shape index (κ2) is 6.27. The summed E-state index contributed by atoms with van der Waals surface area (Å²) in [7, 11) is 0. The Kier molecular flexibility index (Phi) is 5.37. The number of hydrogen-bond acceptors (Lipinski definition) is 3. The van der Waals surface area contributed by atoms with Gasteiger partial charge in [0.15, 0.2) is 0 Å². The van der Waals surface area contributed by atoms with Crippen molar-refractivity contribution in [3.8, 4) is 0 Å². The van der Waals surface area contributed by atoms with Crippen LogP contribution in [0.3, 0.4) is 0 Å². The molecule has 2 aromatic heterocycles. The molecule has 0 aliphatic heterocycles. The van der Waals surface area contributed by atoms with E-state index < -0.39 is 36.8 Å². The first-order valence-electron chi connectivity index (χ1n) is 7.92. The van der Waals surface area contributed by atoms with Crippen molar-refractivity contribution in [2.45, 2.75) is 56.3 Å². The molecule has 0 spiro atoms. The fraction of sp³-hybridized carbons (Fsp3) is 0.625. The summed E-state index contributed by atoms with van der Waals surface area (Å²) >= 11 is -2.20. The quantitative estimate of drug-likeness (QED) is 0.575. The molecule has 0 bridgehead atoms. The number of aryl methyl sites for hydroxylation is 2. The Labute approximate surface area is 141 Å². The van der Waals surface area contributed by atoms with E-state index in [1.165, 1.54) is 22.4 Å². The zero-order valence-electron chi connectivity index (χ0n) is 14.7. The third kappa shape index (κ3) is 3.60. The van der Waals surface area contributed by atoms with Gasteiger partial charge < -0.3 is 0 Å². The van der Waals surface area contributed by atoms with Gasteiger partial charge in [0.1, 0.15) is 0 Å². The molecule has 0 saturated heterocycles. The Morgan fingerprint density at radius 1 is 0.714 bits per heavy atom. The summed E-state index contributed by atoms with van der Waals surface area (Å²) in [6.45, 7) is 4.40. The molecule has 21 heavy (non-hydrogen) atoms. The van der Waals surface area contributed by atoms with Crippen LogP contribution in [0.4, 0.5) is 0 Å². The molecule has 0 fully saturated rings. The topological polar surface area (TPSA) is 25.8 Å². The summed E-state index contributed by atoms with van der Waals surface area (Å²) < 4.78 is 3.26. The average molecular weight is 518 g/mol. The first kappa shape index (κ1) is 18.0. The van der Waals surface area contributed by atoms with Crippen LogP contribution < -0.4 is 5.79 Å². The van der Waals surface area contributed by atoms with Gasteiger partial charge >= 0.3 is 143 Å². The van der Waals surface area contributed by atoms with Gasteiger partial charge in [-0.25, -0.2) is 0 Å². The van der Waals surface area contributed by atoms with Crippen LogP contribution in [0, 0.1) is 0 Å². The van der Waals surface area contributed by atoms with Crippen molar-refractivity contribution in [2.24, 2.45) is 0 Å². The molecule has 0 amide bonds. The second-order valence-electron chi connectivity index (χ2n) is 7.78. The van der Waals surface area contributed by atoms with Gasteiger partial charge in [-0.3, -0.25) is 0 Å². The molecule has 0 N–H and O–H groups in total. The summed E-state index contributed by atoms with van der Waals surface area (Å²) in [6, 6.07) is 0. The van der Waals surface area contributed by atoms with Gasteiger partial charge in [-0.1, -0.05) is 0 Å². The molecular weight excluding hydrogens is 490 g/mol. The molecule has 0 aliphatic carbocycles. The molecule has 0 radical (unpaired) electrons. The Morgan fingerprint density at radius 2 is 1.05 bits per heavy atom. The number of aromatic nitrogens is 2. The minimum atomic E-state index is -2.14. The van der Waals surface area contributed by atoms with Crippen LogP contribution in [0.25, 0.3) is 11.0 Å². The van der Waals surface area contributed by atoms with Crippen LogP contribution in [0.15, 0.2) is 0 Å². The number of fused-ring (bicyclic) bond motifs is 1. The van der Waals surface area contributed by atoms with E-state index in [1.54, 1.807) is 5.79 Å². The number of rotatable bonds is 4. The van der Waals surface area contributed by atoms with E-state index in [4.69, 9.17) is 9.97 Å². The Balaban J connectivity index is 2.88. The van der Waals surface area contributed by atoms with Gasteiger partial charge in [-0.2, -0.15) is 0 Å². The Hall–Kier alpha value is 0.637. The number of hydrogen-bond donors (Lipinski definition) is 0.